The van der Waals surface area contributed by atoms with Crippen LogP contribution in [0.4, 0.5) is 0 Å². The molecule has 15 heavy (non-hydrogen) atoms. The van der Waals surface area contributed by atoms with Crippen molar-refractivity contribution in [3.63, 3.8) is 0 Å². The Morgan fingerprint density at radius 1 is 1.33 bits per heavy atom. The van der Waals surface area contributed by atoms with Gasteiger partial charge >= 0.3 is 0 Å². The van der Waals surface area contributed by atoms with Crippen LogP contribution in [-0.2, 0) is 6.61 Å². The van der Waals surface area contributed by atoms with Crippen LogP contribution in [0.3, 0.4) is 0 Å². The molecule has 3 nitrogen and oxygen atoms in total. The Hall–Kier alpha value is -1.74. The molecule has 0 fully saturated rings. The fourth-order valence-electron chi connectivity index (χ4n) is 1.42. The molecule has 0 amide bonds. The van der Waals surface area contributed by atoms with Crippen molar-refractivity contribution in [1.82, 2.24) is 9.97 Å². The molecule has 0 aliphatic heterocycles. The number of nitrogens with zero attached hydrogens (tertiary/aromatic N) is 2. The van der Waals surface area contributed by atoms with Gasteiger partial charge in [0.1, 0.15) is 0 Å². The summed E-state index contributed by atoms with van der Waals surface area (Å²) >= 11 is 0. The van der Waals surface area contributed by atoms with Gasteiger partial charge in [0.15, 0.2) is 0 Å². The average Bonchev–Trinajstić information content (AvgIpc) is 2.30. The molecule has 0 saturated carbocycles. The van der Waals surface area contributed by atoms with Gasteiger partial charge in [-0.25, -0.2) is 0 Å². The topological polar surface area (TPSA) is 46.0 Å². The van der Waals surface area contributed by atoms with Gasteiger partial charge in [-0.05, 0) is 36.2 Å². The second-order valence-corrected chi connectivity index (χ2v) is 3.40. The fraction of sp³-hybridized carbons (Fsp3) is 0.167. The van der Waals surface area contributed by atoms with E-state index in [0.29, 0.717) is 0 Å². The summed E-state index contributed by atoms with van der Waals surface area (Å²) in [6.07, 6.45) is 5.22. The second-order valence-electron chi connectivity index (χ2n) is 3.40. The third-order valence-electron chi connectivity index (χ3n) is 2.35. The SMILES string of the molecule is Cc1cc(-c2cccnc2)ncc1CO. The molecule has 2 aromatic heterocycles. The predicted molar refractivity (Wildman–Crippen MR) is 58.1 cm³/mol. The molecular formula is C12H12N2O. The normalized spacial score (nSPS) is 10.3. The minimum Gasteiger partial charge on any atom is -0.392 e. The third kappa shape index (κ3) is 2.02. The standard InChI is InChI=1S/C12H12N2O/c1-9-5-12(14-7-11(9)8-15)10-3-2-4-13-6-10/h2-7,15H,8H2,1H3. The Morgan fingerprint density at radius 2 is 2.20 bits per heavy atom. The zero-order chi connectivity index (χ0) is 10.7. The maximum Gasteiger partial charge on any atom is 0.0720 e. The molecule has 3 heteroatoms. The molecule has 2 heterocycles. The van der Waals surface area contributed by atoms with Crippen LogP contribution in [0.5, 0.6) is 0 Å². The Balaban J connectivity index is 2.43. The highest BCUT2D eigenvalue weighted by molar-refractivity contribution is 5.58. The molecule has 0 aromatic carbocycles. The highest BCUT2D eigenvalue weighted by Crippen LogP contribution is 2.18. The Morgan fingerprint density at radius 3 is 2.80 bits per heavy atom. The van der Waals surface area contributed by atoms with E-state index < -0.39 is 0 Å². The smallest absolute Gasteiger partial charge is 0.0720 e. The van der Waals surface area contributed by atoms with Crippen LogP contribution in [-0.4, -0.2) is 15.1 Å². The summed E-state index contributed by atoms with van der Waals surface area (Å²) in [6.45, 7) is 2.00. The number of aliphatic hydroxyl groups excluding tert-OH is 1. The summed E-state index contributed by atoms with van der Waals surface area (Å²) in [5, 5.41) is 9.03. The number of hydrogen-bond acceptors (Lipinski definition) is 3. The molecule has 0 spiro atoms. The van der Waals surface area contributed by atoms with Crippen LogP contribution in [0.15, 0.2) is 36.8 Å². The molecule has 0 saturated heterocycles. The van der Waals surface area contributed by atoms with Gasteiger partial charge in [0.2, 0.25) is 0 Å². The molecule has 0 unspecified atom stereocenters. The van der Waals surface area contributed by atoms with E-state index in [0.717, 1.165) is 22.4 Å². The highest BCUT2D eigenvalue weighted by atomic mass is 16.3. The van der Waals surface area contributed by atoms with Crippen LogP contribution >= 0.6 is 0 Å². The molecule has 0 atom stereocenters. The highest BCUT2D eigenvalue weighted by Gasteiger charge is 2.02. The van der Waals surface area contributed by atoms with E-state index in [1.807, 2.05) is 25.1 Å². The van der Waals surface area contributed by atoms with Gasteiger partial charge in [-0.2, -0.15) is 0 Å². The molecule has 0 aliphatic rings. The van der Waals surface area contributed by atoms with E-state index in [2.05, 4.69) is 9.97 Å². The van der Waals surface area contributed by atoms with Crippen molar-refractivity contribution in [3.8, 4) is 11.3 Å². The fourth-order valence-corrected chi connectivity index (χ4v) is 1.42. The monoisotopic (exact) mass is 200 g/mol. The maximum atomic E-state index is 9.03. The predicted octanol–water partition coefficient (Wildman–Crippen LogP) is 1.94. The van der Waals surface area contributed by atoms with Gasteiger partial charge < -0.3 is 5.11 Å². The van der Waals surface area contributed by atoms with Crippen LogP contribution in [0.1, 0.15) is 11.1 Å². The van der Waals surface area contributed by atoms with E-state index in [4.69, 9.17) is 5.11 Å². The van der Waals surface area contributed by atoms with Crippen LogP contribution in [0.2, 0.25) is 0 Å². The number of hydrogen-bond donors (Lipinski definition) is 1. The largest absolute Gasteiger partial charge is 0.392 e. The van der Waals surface area contributed by atoms with Crippen molar-refractivity contribution in [2.24, 2.45) is 0 Å². The lowest BCUT2D eigenvalue weighted by molar-refractivity contribution is 0.280. The molecule has 76 valence electrons. The van der Waals surface area contributed by atoms with E-state index in [1.165, 1.54) is 0 Å². The Labute approximate surface area is 88.5 Å². The summed E-state index contributed by atoms with van der Waals surface area (Å²) < 4.78 is 0. The average molecular weight is 200 g/mol. The molecular weight excluding hydrogens is 188 g/mol. The summed E-state index contributed by atoms with van der Waals surface area (Å²) in [6, 6.07) is 5.81. The van der Waals surface area contributed by atoms with Crippen molar-refractivity contribution in [3.05, 3.63) is 47.9 Å². The van der Waals surface area contributed by atoms with Gasteiger partial charge in [0.25, 0.3) is 0 Å². The number of rotatable bonds is 2. The van der Waals surface area contributed by atoms with Gasteiger partial charge in [-0.15, -0.1) is 0 Å². The quantitative estimate of drug-likeness (QED) is 0.805. The molecule has 0 radical (unpaired) electrons. The first kappa shape index (κ1) is 9.80. The molecule has 2 rings (SSSR count). The molecule has 0 bridgehead atoms. The lowest BCUT2D eigenvalue weighted by atomic mass is 10.1. The van der Waals surface area contributed by atoms with Crippen molar-refractivity contribution in [2.45, 2.75) is 13.5 Å². The van der Waals surface area contributed by atoms with Gasteiger partial charge in [-0.1, -0.05) is 0 Å². The molecule has 0 aliphatic carbocycles. The van der Waals surface area contributed by atoms with E-state index >= 15 is 0 Å². The number of aliphatic hydroxyl groups is 1. The zero-order valence-corrected chi connectivity index (χ0v) is 8.51. The first-order valence-electron chi connectivity index (χ1n) is 4.78. The minimum absolute atomic E-state index is 0.0339. The first-order chi connectivity index (χ1) is 7.31. The lowest BCUT2D eigenvalue weighted by Gasteiger charge is -2.04. The third-order valence-corrected chi connectivity index (χ3v) is 2.35. The van der Waals surface area contributed by atoms with Crippen LogP contribution in [0, 0.1) is 6.92 Å². The lowest BCUT2D eigenvalue weighted by Crippen LogP contribution is -1.92. The van der Waals surface area contributed by atoms with Crippen LogP contribution in [0.25, 0.3) is 11.3 Å². The van der Waals surface area contributed by atoms with E-state index in [1.54, 1.807) is 18.6 Å². The number of aromatic nitrogens is 2. The van der Waals surface area contributed by atoms with E-state index in [-0.39, 0.29) is 6.61 Å². The maximum absolute atomic E-state index is 9.03. The van der Waals surface area contributed by atoms with Crippen molar-refractivity contribution in [2.75, 3.05) is 0 Å². The van der Waals surface area contributed by atoms with Gasteiger partial charge in [0, 0.05) is 24.2 Å². The summed E-state index contributed by atoms with van der Waals surface area (Å²) in [7, 11) is 0. The first-order valence-corrected chi connectivity index (χ1v) is 4.78. The molecule has 2 aromatic rings. The zero-order valence-electron chi connectivity index (χ0n) is 8.51. The number of aryl methyl sites for hydroxylation is 1. The summed E-state index contributed by atoms with van der Waals surface area (Å²) in [5.74, 6) is 0. The van der Waals surface area contributed by atoms with Gasteiger partial charge in [-0.3, -0.25) is 9.97 Å². The second kappa shape index (κ2) is 4.19. The van der Waals surface area contributed by atoms with Crippen molar-refractivity contribution < 1.29 is 5.11 Å². The Bertz CT molecular complexity index is 454. The Kier molecular flexibility index (Phi) is 2.74. The summed E-state index contributed by atoms with van der Waals surface area (Å²) in [4.78, 5) is 8.32. The van der Waals surface area contributed by atoms with E-state index in [9.17, 15) is 0 Å². The molecule has 1 N–H and O–H groups in total. The summed E-state index contributed by atoms with van der Waals surface area (Å²) in [5.41, 5.74) is 3.79. The number of pyridine rings is 2. The van der Waals surface area contributed by atoms with Crippen LogP contribution < -0.4 is 0 Å². The van der Waals surface area contributed by atoms with Crippen molar-refractivity contribution >= 4 is 0 Å². The van der Waals surface area contributed by atoms with Gasteiger partial charge in [0.05, 0.1) is 12.3 Å². The van der Waals surface area contributed by atoms with Crippen molar-refractivity contribution in [1.29, 1.82) is 0 Å². The minimum atomic E-state index is 0.0339.